The highest BCUT2D eigenvalue weighted by Gasteiger charge is 2.32. The predicted molar refractivity (Wildman–Crippen MR) is 50.4 cm³/mol. The van der Waals surface area contributed by atoms with Crippen LogP contribution >= 0.6 is 0 Å². The normalized spacial score (nSPS) is 18.6. The van der Waals surface area contributed by atoms with E-state index in [4.69, 9.17) is 5.73 Å². The SMILES string of the molecule is NC(c1nnc2ncccn12)C1CC1. The van der Waals surface area contributed by atoms with Crippen molar-refractivity contribution in [2.45, 2.75) is 18.9 Å². The average molecular weight is 189 g/mol. The van der Waals surface area contributed by atoms with Crippen molar-refractivity contribution in [1.82, 2.24) is 19.6 Å². The van der Waals surface area contributed by atoms with Crippen molar-refractivity contribution in [3.05, 3.63) is 24.3 Å². The van der Waals surface area contributed by atoms with Crippen molar-refractivity contribution in [3.63, 3.8) is 0 Å². The van der Waals surface area contributed by atoms with Crippen LogP contribution in [0, 0.1) is 5.92 Å². The fourth-order valence-corrected chi connectivity index (χ4v) is 1.65. The van der Waals surface area contributed by atoms with Crippen LogP contribution in [0.25, 0.3) is 5.78 Å². The van der Waals surface area contributed by atoms with Crippen molar-refractivity contribution in [2.24, 2.45) is 11.7 Å². The molecule has 2 aromatic rings. The highest BCUT2D eigenvalue weighted by Crippen LogP contribution is 2.38. The molecule has 2 N–H and O–H groups in total. The highest BCUT2D eigenvalue weighted by molar-refractivity contribution is 5.27. The molecule has 5 nitrogen and oxygen atoms in total. The van der Waals surface area contributed by atoms with Gasteiger partial charge in [-0.25, -0.2) is 4.98 Å². The molecule has 5 heteroatoms. The summed E-state index contributed by atoms with van der Waals surface area (Å²) in [5.74, 6) is 2.04. The molecule has 0 aromatic carbocycles. The molecule has 1 unspecified atom stereocenters. The summed E-state index contributed by atoms with van der Waals surface area (Å²) in [6, 6.07) is 1.87. The van der Waals surface area contributed by atoms with E-state index in [1.165, 1.54) is 12.8 Å². The van der Waals surface area contributed by atoms with Crippen LogP contribution < -0.4 is 5.73 Å². The number of rotatable bonds is 2. The van der Waals surface area contributed by atoms with Crippen molar-refractivity contribution in [2.75, 3.05) is 0 Å². The maximum Gasteiger partial charge on any atom is 0.254 e. The van der Waals surface area contributed by atoms with Gasteiger partial charge in [0.05, 0.1) is 6.04 Å². The maximum atomic E-state index is 6.06. The molecular formula is C9H11N5. The number of hydrogen-bond donors (Lipinski definition) is 1. The van der Waals surface area contributed by atoms with Crippen molar-refractivity contribution >= 4 is 5.78 Å². The van der Waals surface area contributed by atoms with Crippen molar-refractivity contribution in [3.8, 4) is 0 Å². The lowest BCUT2D eigenvalue weighted by Crippen LogP contribution is -2.16. The first kappa shape index (κ1) is 7.87. The summed E-state index contributed by atoms with van der Waals surface area (Å²) in [5.41, 5.74) is 6.06. The molecule has 14 heavy (non-hydrogen) atoms. The van der Waals surface area contributed by atoms with Gasteiger partial charge in [0.15, 0.2) is 5.82 Å². The fraction of sp³-hybridized carbons (Fsp3) is 0.444. The Morgan fingerprint density at radius 2 is 2.29 bits per heavy atom. The minimum atomic E-state index is 0.00852. The van der Waals surface area contributed by atoms with Crippen LogP contribution in [-0.4, -0.2) is 19.6 Å². The first-order chi connectivity index (χ1) is 6.86. The molecule has 0 aliphatic heterocycles. The number of fused-ring (bicyclic) bond motifs is 1. The van der Waals surface area contributed by atoms with E-state index < -0.39 is 0 Å². The smallest absolute Gasteiger partial charge is 0.254 e. The first-order valence-electron chi connectivity index (χ1n) is 4.77. The minimum absolute atomic E-state index is 0.00852. The van der Waals surface area contributed by atoms with Crippen LogP contribution in [0.4, 0.5) is 0 Å². The van der Waals surface area contributed by atoms with Crippen LogP contribution in [0.5, 0.6) is 0 Å². The van der Waals surface area contributed by atoms with Crippen LogP contribution in [0.15, 0.2) is 18.5 Å². The molecule has 72 valence electrons. The zero-order valence-corrected chi connectivity index (χ0v) is 7.67. The van der Waals surface area contributed by atoms with E-state index in [0.29, 0.717) is 11.7 Å². The number of hydrogen-bond acceptors (Lipinski definition) is 4. The molecular weight excluding hydrogens is 178 g/mol. The minimum Gasteiger partial charge on any atom is -0.321 e. The van der Waals surface area contributed by atoms with Gasteiger partial charge in [-0.1, -0.05) is 0 Å². The summed E-state index contributed by atoms with van der Waals surface area (Å²) >= 11 is 0. The van der Waals surface area contributed by atoms with E-state index in [2.05, 4.69) is 15.2 Å². The lowest BCUT2D eigenvalue weighted by atomic mass is 10.2. The van der Waals surface area contributed by atoms with Gasteiger partial charge in [-0.2, -0.15) is 0 Å². The maximum absolute atomic E-state index is 6.06. The van der Waals surface area contributed by atoms with E-state index in [0.717, 1.165) is 5.82 Å². The van der Waals surface area contributed by atoms with Gasteiger partial charge in [0.2, 0.25) is 0 Å². The summed E-state index contributed by atoms with van der Waals surface area (Å²) in [4.78, 5) is 4.10. The molecule has 1 fully saturated rings. The standard InChI is InChI=1S/C9H11N5/c10-7(6-2-3-6)8-12-13-9-11-4-1-5-14(8)9/h1,4-7H,2-3,10H2. The van der Waals surface area contributed by atoms with Crippen LogP contribution in [0.2, 0.25) is 0 Å². The molecule has 2 heterocycles. The van der Waals surface area contributed by atoms with Gasteiger partial charge < -0.3 is 5.73 Å². The average Bonchev–Trinajstić information content (AvgIpc) is 2.97. The summed E-state index contributed by atoms with van der Waals surface area (Å²) in [6.07, 6.45) is 6.02. The lowest BCUT2D eigenvalue weighted by Gasteiger charge is -2.06. The molecule has 0 bridgehead atoms. The Bertz CT molecular complexity index is 459. The Kier molecular flexibility index (Phi) is 1.55. The van der Waals surface area contributed by atoms with Gasteiger partial charge in [0.1, 0.15) is 0 Å². The Morgan fingerprint density at radius 3 is 3.07 bits per heavy atom. The van der Waals surface area contributed by atoms with E-state index in [1.54, 1.807) is 6.20 Å². The van der Waals surface area contributed by atoms with E-state index >= 15 is 0 Å². The Morgan fingerprint density at radius 1 is 1.43 bits per heavy atom. The molecule has 2 aromatic heterocycles. The molecule has 1 saturated carbocycles. The van der Waals surface area contributed by atoms with Gasteiger partial charge in [0, 0.05) is 12.4 Å². The van der Waals surface area contributed by atoms with Crippen LogP contribution in [-0.2, 0) is 0 Å². The number of nitrogens with two attached hydrogens (primary N) is 1. The van der Waals surface area contributed by atoms with Crippen molar-refractivity contribution in [1.29, 1.82) is 0 Å². The topological polar surface area (TPSA) is 69.1 Å². The van der Waals surface area contributed by atoms with E-state index in [1.807, 2.05) is 16.7 Å². The number of aromatic nitrogens is 4. The zero-order valence-electron chi connectivity index (χ0n) is 7.67. The van der Waals surface area contributed by atoms with Crippen LogP contribution in [0.1, 0.15) is 24.7 Å². The summed E-state index contributed by atoms with van der Waals surface area (Å²) < 4.78 is 1.86. The zero-order chi connectivity index (χ0) is 9.54. The second kappa shape index (κ2) is 2.75. The molecule has 1 aliphatic carbocycles. The molecule has 0 spiro atoms. The third-order valence-electron chi connectivity index (χ3n) is 2.64. The second-order valence-corrected chi connectivity index (χ2v) is 3.71. The first-order valence-corrected chi connectivity index (χ1v) is 4.77. The van der Waals surface area contributed by atoms with Crippen molar-refractivity contribution < 1.29 is 0 Å². The van der Waals surface area contributed by atoms with Gasteiger partial charge in [0.25, 0.3) is 5.78 Å². The van der Waals surface area contributed by atoms with E-state index in [-0.39, 0.29) is 6.04 Å². The van der Waals surface area contributed by atoms with Gasteiger partial charge in [-0.05, 0) is 24.8 Å². The summed E-state index contributed by atoms with van der Waals surface area (Å²) in [5, 5.41) is 8.05. The highest BCUT2D eigenvalue weighted by atomic mass is 15.3. The molecule has 0 saturated heterocycles. The lowest BCUT2D eigenvalue weighted by molar-refractivity contribution is 0.586. The molecule has 1 atom stereocenters. The quantitative estimate of drug-likeness (QED) is 0.748. The molecule has 3 rings (SSSR count). The Hall–Kier alpha value is -1.49. The second-order valence-electron chi connectivity index (χ2n) is 3.71. The van der Waals surface area contributed by atoms with Gasteiger partial charge >= 0.3 is 0 Å². The van der Waals surface area contributed by atoms with Gasteiger partial charge in [-0.3, -0.25) is 4.40 Å². The summed E-state index contributed by atoms with van der Waals surface area (Å²) in [7, 11) is 0. The third kappa shape index (κ3) is 1.09. The largest absolute Gasteiger partial charge is 0.321 e. The Balaban J connectivity index is 2.11. The fourth-order valence-electron chi connectivity index (χ4n) is 1.65. The summed E-state index contributed by atoms with van der Waals surface area (Å²) in [6.45, 7) is 0. The monoisotopic (exact) mass is 189 g/mol. The van der Waals surface area contributed by atoms with Gasteiger partial charge in [-0.15, -0.1) is 10.2 Å². The van der Waals surface area contributed by atoms with E-state index in [9.17, 15) is 0 Å². The molecule has 1 aliphatic rings. The number of nitrogens with zero attached hydrogens (tertiary/aromatic N) is 4. The third-order valence-corrected chi connectivity index (χ3v) is 2.64. The van der Waals surface area contributed by atoms with Crippen LogP contribution in [0.3, 0.4) is 0 Å². The molecule has 0 radical (unpaired) electrons. The molecule has 0 amide bonds. The predicted octanol–water partition coefficient (Wildman–Crippen LogP) is 0.534. The Labute approximate surface area is 81.0 Å².